The third kappa shape index (κ3) is 7.05. The maximum atomic E-state index is 14.8. The van der Waals surface area contributed by atoms with Crippen LogP contribution in [0, 0.1) is 17.6 Å². The van der Waals surface area contributed by atoms with Gasteiger partial charge < -0.3 is 30.7 Å². The van der Waals surface area contributed by atoms with Gasteiger partial charge >= 0.3 is 6.09 Å². The fourth-order valence-electron chi connectivity index (χ4n) is 7.37. The second-order valence-electron chi connectivity index (χ2n) is 13.3. The lowest BCUT2D eigenvalue weighted by atomic mass is 9.72. The fourth-order valence-corrected chi connectivity index (χ4v) is 7.37. The number of hydrogen-bond acceptors (Lipinski definition) is 6. The van der Waals surface area contributed by atoms with Crippen molar-refractivity contribution >= 4 is 40.3 Å². The van der Waals surface area contributed by atoms with Crippen molar-refractivity contribution in [3.63, 3.8) is 0 Å². The lowest BCUT2D eigenvalue weighted by Crippen LogP contribution is -2.50. The summed E-state index contributed by atoms with van der Waals surface area (Å²) in [6, 6.07) is 29.5. The van der Waals surface area contributed by atoms with Gasteiger partial charge in [-0.15, -0.1) is 0 Å². The maximum Gasteiger partial charge on any atom is 0.408 e. The molecule has 0 aliphatic carbocycles. The molecular formula is C41H36F2N4O6. The lowest BCUT2D eigenvalue weighted by Gasteiger charge is -2.29. The van der Waals surface area contributed by atoms with Gasteiger partial charge in [-0.05, 0) is 51.7 Å². The molecule has 0 radical (unpaired) electrons. The summed E-state index contributed by atoms with van der Waals surface area (Å²) in [5, 5.41) is 20.3. The molecule has 12 heteroatoms. The zero-order valence-corrected chi connectivity index (χ0v) is 28.4. The van der Waals surface area contributed by atoms with E-state index in [1.54, 1.807) is 36.4 Å². The number of halogens is 2. The molecule has 2 heterocycles. The van der Waals surface area contributed by atoms with E-state index >= 15 is 0 Å². The van der Waals surface area contributed by atoms with Crippen LogP contribution in [0.3, 0.4) is 0 Å². The minimum atomic E-state index is -1.57. The number of alkyl carbamates (subject to hydrolysis) is 1. The Morgan fingerprint density at radius 1 is 0.868 bits per heavy atom. The second-order valence-corrected chi connectivity index (χ2v) is 13.3. The van der Waals surface area contributed by atoms with Crippen LogP contribution in [-0.4, -0.2) is 59.6 Å². The Labute approximate surface area is 303 Å². The molecule has 5 aromatic carbocycles. The number of hydrogen-bond donors (Lipinski definition) is 4. The van der Waals surface area contributed by atoms with Crippen molar-refractivity contribution in [1.82, 2.24) is 15.5 Å². The lowest BCUT2D eigenvalue weighted by molar-refractivity contribution is -0.133. The molecule has 270 valence electrons. The van der Waals surface area contributed by atoms with Gasteiger partial charge in [0.25, 0.3) is 0 Å². The Morgan fingerprint density at radius 3 is 2.40 bits per heavy atom. The Bertz CT molecular complexity index is 2200. The quantitative estimate of drug-likeness (QED) is 0.158. The Kier molecular flexibility index (Phi) is 9.88. The summed E-state index contributed by atoms with van der Waals surface area (Å²) in [7, 11) is 0. The molecule has 0 aromatic heterocycles. The molecule has 0 saturated carbocycles. The number of ether oxygens (including phenoxy) is 1. The molecule has 0 bridgehead atoms. The highest BCUT2D eigenvalue weighted by molar-refractivity contribution is 6.10. The largest absolute Gasteiger partial charge is 0.445 e. The first kappa shape index (κ1) is 35.3. The summed E-state index contributed by atoms with van der Waals surface area (Å²) < 4.78 is 34.4. The van der Waals surface area contributed by atoms with E-state index in [-0.39, 0.29) is 31.7 Å². The molecule has 4 N–H and O–H groups in total. The van der Waals surface area contributed by atoms with Gasteiger partial charge in [0.05, 0.1) is 18.6 Å². The summed E-state index contributed by atoms with van der Waals surface area (Å²) in [6.07, 6.45) is -0.762. The van der Waals surface area contributed by atoms with Crippen LogP contribution in [0.5, 0.6) is 0 Å². The number of aliphatic hydroxyl groups excluding tert-OH is 1. The van der Waals surface area contributed by atoms with Crippen molar-refractivity contribution in [2.75, 3.05) is 25.0 Å². The van der Waals surface area contributed by atoms with Crippen LogP contribution in [0.4, 0.5) is 19.3 Å². The van der Waals surface area contributed by atoms with E-state index in [1.165, 1.54) is 4.90 Å². The number of aliphatic hydroxyl groups is 1. The first-order chi connectivity index (χ1) is 25.7. The van der Waals surface area contributed by atoms with Crippen LogP contribution in [0.1, 0.15) is 28.3 Å². The van der Waals surface area contributed by atoms with Gasteiger partial charge in [0.1, 0.15) is 29.7 Å². The molecule has 2 aliphatic rings. The Morgan fingerprint density at radius 2 is 1.60 bits per heavy atom. The number of nitrogens with one attached hydrogen (secondary N) is 3. The molecule has 1 fully saturated rings. The van der Waals surface area contributed by atoms with Crippen molar-refractivity contribution in [2.45, 2.75) is 30.5 Å². The van der Waals surface area contributed by atoms with Crippen LogP contribution in [0.2, 0.25) is 0 Å². The first-order valence-electron chi connectivity index (χ1n) is 17.2. The molecule has 2 aliphatic heterocycles. The second kappa shape index (κ2) is 14.8. The van der Waals surface area contributed by atoms with Gasteiger partial charge in [0.15, 0.2) is 0 Å². The van der Waals surface area contributed by atoms with Crippen molar-refractivity contribution in [2.24, 2.45) is 5.92 Å². The Balaban J connectivity index is 1.20. The molecular weight excluding hydrogens is 682 g/mol. The summed E-state index contributed by atoms with van der Waals surface area (Å²) in [4.78, 5) is 57.3. The van der Waals surface area contributed by atoms with Gasteiger partial charge in [-0.2, -0.15) is 0 Å². The maximum absolute atomic E-state index is 14.8. The number of amides is 4. The van der Waals surface area contributed by atoms with E-state index in [2.05, 4.69) is 16.0 Å². The van der Waals surface area contributed by atoms with Gasteiger partial charge in [-0.3, -0.25) is 14.4 Å². The number of anilines is 1. The minimum absolute atomic E-state index is 0.0342. The number of fused-ring (bicyclic) bond motifs is 3. The van der Waals surface area contributed by atoms with Crippen LogP contribution in [0.25, 0.3) is 10.8 Å². The van der Waals surface area contributed by atoms with E-state index in [4.69, 9.17) is 4.74 Å². The summed E-state index contributed by atoms with van der Waals surface area (Å²) in [5.74, 6) is -4.65. The minimum Gasteiger partial charge on any atom is -0.445 e. The molecule has 5 aromatic rings. The van der Waals surface area contributed by atoms with Gasteiger partial charge in [0.2, 0.25) is 17.7 Å². The highest BCUT2D eigenvalue weighted by Gasteiger charge is 2.61. The smallest absolute Gasteiger partial charge is 0.408 e. The number of rotatable bonds is 10. The SMILES string of the molecule is O=C(N[C@@H](Cc1ccc2ccccc2c1)C(=O)N1CC(C(=O)N[C@H](CO)c2cc(F)ccc2F)C2(C1)C(=O)Nc1ccccc12)OCc1ccccc1. The zero-order valence-electron chi connectivity index (χ0n) is 28.4. The number of carbonyl (C=O) groups excluding carboxylic acids is 4. The van der Waals surface area contributed by atoms with Crippen molar-refractivity contribution in [1.29, 1.82) is 0 Å². The molecule has 7 rings (SSSR count). The van der Waals surface area contributed by atoms with Crippen LogP contribution in [-0.2, 0) is 37.6 Å². The molecule has 2 unspecified atom stereocenters. The van der Waals surface area contributed by atoms with Crippen molar-refractivity contribution < 1.29 is 37.8 Å². The van der Waals surface area contributed by atoms with E-state index in [0.29, 0.717) is 11.3 Å². The number of likely N-dealkylation sites (tertiary alicyclic amines) is 1. The van der Waals surface area contributed by atoms with Crippen LogP contribution in [0.15, 0.2) is 115 Å². The zero-order chi connectivity index (χ0) is 37.1. The predicted octanol–water partition coefficient (Wildman–Crippen LogP) is 5.15. The third-order valence-electron chi connectivity index (χ3n) is 10.0. The van der Waals surface area contributed by atoms with E-state index < -0.39 is 65.5 Å². The molecule has 53 heavy (non-hydrogen) atoms. The number of carbonyl (C=O) groups is 4. The topological polar surface area (TPSA) is 137 Å². The first-order valence-corrected chi connectivity index (χ1v) is 17.2. The summed E-state index contributed by atoms with van der Waals surface area (Å²) >= 11 is 0. The monoisotopic (exact) mass is 718 g/mol. The third-order valence-corrected chi connectivity index (χ3v) is 10.0. The van der Waals surface area contributed by atoms with E-state index in [1.807, 2.05) is 60.7 Å². The molecule has 1 saturated heterocycles. The molecule has 4 amide bonds. The van der Waals surface area contributed by atoms with Crippen LogP contribution >= 0.6 is 0 Å². The van der Waals surface area contributed by atoms with Gasteiger partial charge in [0, 0.05) is 30.8 Å². The summed E-state index contributed by atoms with van der Waals surface area (Å²) in [6.45, 7) is -1.28. The highest BCUT2D eigenvalue weighted by Crippen LogP contribution is 2.48. The predicted molar refractivity (Wildman–Crippen MR) is 192 cm³/mol. The van der Waals surface area contributed by atoms with Crippen molar-refractivity contribution in [3.8, 4) is 0 Å². The van der Waals surface area contributed by atoms with E-state index in [0.717, 1.165) is 40.1 Å². The van der Waals surface area contributed by atoms with Crippen molar-refractivity contribution in [3.05, 3.63) is 149 Å². The fraction of sp³-hybridized carbons (Fsp3) is 0.220. The molecule has 10 nitrogen and oxygen atoms in total. The molecule has 1 spiro atoms. The average molecular weight is 719 g/mol. The number of para-hydroxylation sites is 1. The standard InChI is InChI=1S/C41H36F2N4O6/c42-29-16-17-33(43)30(20-29)36(22-48)44-37(49)32-21-47(24-41(32)31-12-6-7-13-34(31)45-39(41)51)38(50)35(46-40(52)53-23-25-8-2-1-3-9-25)19-26-14-15-27-10-4-5-11-28(27)18-26/h1-18,20,32,35-36,48H,19,21-24H2,(H,44,49)(H,45,51)(H,46,52)/t32?,35-,36+,41?/m0/s1. The van der Waals surface area contributed by atoms with Gasteiger partial charge in [-0.1, -0.05) is 91.0 Å². The average Bonchev–Trinajstić information content (AvgIpc) is 3.71. The van der Waals surface area contributed by atoms with Gasteiger partial charge in [-0.25, -0.2) is 13.6 Å². The highest BCUT2D eigenvalue weighted by atomic mass is 19.1. The number of benzene rings is 5. The van der Waals surface area contributed by atoms with E-state index in [9.17, 15) is 33.1 Å². The number of nitrogens with zero attached hydrogens (tertiary/aromatic N) is 1. The van der Waals surface area contributed by atoms with Crippen LogP contribution < -0.4 is 16.0 Å². The Hall–Kier alpha value is -6.14. The normalized spacial score (nSPS) is 18.7. The molecule has 4 atom stereocenters. The summed E-state index contributed by atoms with van der Waals surface area (Å²) in [5.41, 5.74) is 0.610.